The summed E-state index contributed by atoms with van der Waals surface area (Å²) in [6, 6.07) is 5.31. The normalized spacial score (nSPS) is 13.9. The summed E-state index contributed by atoms with van der Waals surface area (Å²) in [6.07, 6.45) is 0.667. The van der Waals surface area contributed by atoms with Crippen LogP contribution in [-0.2, 0) is 4.79 Å². The molecule has 1 aliphatic rings. The van der Waals surface area contributed by atoms with Crippen molar-refractivity contribution in [3.63, 3.8) is 0 Å². The summed E-state index contributed by atoms with van der Waals surface area (Å²) < 4.78 is 11.2. The van der Waals surface area contributed by atoms with Crippen molar-refractivity contribution in [2.45, 2.75) is 22.9 Å². The SMILES string of the molecule is CCC(Sc1nnc(N)s1)C(=O)Nc1ccc2c(c1)OCO2. The summed E-state index contributed by atoms with van der Waals surface area (Å²) in [5.41, 5.74) is 6.22. The Bertz CT molecular complexity index is 692. The third kappa shape index (κ3) is 3.25. The third-order valence-corrected chi connectivity index (χ3v) is 5.17. The molecule has 1 amide bonds. The first kappa shape index (κ1) is 14.9. The maximum Gasteiger partial charge on any atom is 0.237 e. The molecule has 9 heteroatoms. The van der Waals surface area contributed by atoms with E-state index >= 15 is 0 Å². The predicted molar refractivity (Wildman–Crippen MR) is 85.5 cm³/mol. The molecule has 0 aliphatic carbocycles. The summed E-state index contributed by atoms with van der Waals surface area (Å²) in [5, 5.41) is 10.7. The van der Waals surface area contributed by atoms with E-state index in [4.69, 9.17) is 15.2 Å². The van der Waals surface area contributed by atoms with E-state index in [1.807, 2.05) is 6.92 Å². The number of carbonyl (C=O) groups excluding carboxylic acids is 1. The summed E-state index contributed by atoms with van der Waals surface area (Å²) in [5.74, 6) is 1.22. The number of hydrogen-bond donors (Lipinski definition) is 2. The zero-order chi connectivity index (χ0) is 15.5. The molecule has 22 heavy (non-hydrogen) atoms. The van der Waals surface area contributed by atoms with E-state index in [1.165, 1.54) is 23.1 Å². The van der Waals surface area contributed by atoms with Gasteiger partial charge in [-0.05, 0) is 18.6 Å². The molecule has 0 spiro atoms. The lowest BCUT2D eigenvalue weighted by Crippen LogP contribution is -2.24. The van der Waals surface area contributed by atoms with Crippen molar-refractivity contribution in [2.75, 3.05) is 17.8 Å². The number of amides is 1. The van der Waals surface area contributed by atoms with Crippen molar-refractivity contribution < 1.29 is 14.3 Å². The standard InChI is InChI=1S/C13H14N4O3S2/c1-2-10(21-13-17-16-12(14)22-13)11(18)15-7-3-4-8-9(5-7)20-6-19-8/h3-5,10H,2,6H2,1H3,(H2,14,16)(H,15,18). The highest BCUT2D eigenvalue weighted by atomic mass is 32.2. The highest BCUT2D eigenvalue weighted by Gasteiger charge is 2.21. The second kappa shape index (κ2) is 6.41. The molecule has 0 saturated heterocycles. The Morgan fingerprint density at radius 2 is 2.27 bits per heavy atom. The van der Waals surface area contributed by atoms with Crippen molar-refractivity contribution in [3.05, 3.63) is 18.2 Å². The molecular weight excluding hydrogens is 324 g/mol. The van der Waals surface area contributed by atoms with Gasteiger partial charge in [-0.3, -0.25) is 4.79 Å². The Labute approximate surface area is 135 Å². The summed E-state index contributed by atoms with van der Waals surface area (Å²) in [7, 11) is 0. The zero-order valence-corrected chi connectivity index (χ0v) is 13.4. The summed E-state index contributed by atoms with van der Waals surface area (Å²) >= 11 is 2.63. The Morgan fingerprint density at radius 3 is 3.00 bits per heavy atom. The number of hydrogen-bond acceptors (Lipinski definition) is 8. The minimum Gasteiger partial charge on any atom is -0.454 e. The van der Waals surface area contributed by atoms with Crippen LogP contribution < -0.4 is 20.5 Å². The van der Waals surface area contributed by atoms with E-state index < -0.39 is 0 Å². The molecule has 1 unspecified atom stereocenters. The second-order valence-electron chi connectivity index (χ2n) is 4.48. The van der Waals surface area contributed by atoms with Crippen LogP contribution in [0.5, 0.6) is 11.5 Å². The fourth-order valence-corrected chi connectivity index (χ4v) is 3.71. The highest BCUT2D eigenvalue weighted by Crippen LogP contribution is 2.35. The van der Waals surface area contributed by atoms with Gasteiger partial charge in [0, 0.05) is 11.8 Å². The molecular formula is C13H14N4O3S2. The van der Waals surface area contributed by atoms with Crippen LogP contribution >= 0.6 is 23.1 Å². The van der Waals surface area contributed by atoms with Gasteiger partial charge in [0.1, 0.15) is 0 Å². The lowest BCUT2D eigenvalue weighted by atomic mass is 10.2. The van der Waals surface area contributed by atoms with Gasteiger partial charge in [-0.1, -0.05) is 30.0 Å². The minimum absolute atomic E-state index is 0.0971. The predicted octanol–water partition coefficient (Wildman–Crippen LogP) is 2.36. The largest absolute Gasteiger partial charge is 0.454 e. The zero-order valence-electron chi connectivity index (χ0n) is 11.7. The molecule has 3 rings (SSSR count). The molecule has 2 aromatic rings. The van der Waals surface area contributed by atoms with Crippen LogP contribution in [0, 0.1) is 0 Å². The molecule has 1 aliphatic heterocycles. The van der Waals surface area contributed by atoms with Gasteiger partial charge in [0.25, 0.3) is 0 Å². The molecule has 0 saturated carbocycles. The molecule has 1 aromatic carbocycles. The van der Waals surface area contributed by atoms with Gasteiger partial charge in [-0.15, -0.1) is 10.2 Å². The van der Waals surface area contributed by atoms with Crippen LogP contribution in [0.4, 0.5) is 10.8 Å². The van der Waals surface area contributed by atoms with Gasteiger partial charge in [-0.2, -0.15) is 0 Å². The van der Waals surface area contributed by atoms with E-state index in [0.29, 0.717) is 33.1 Å². The van der Waals surface area contributed by atoms with E-state index in [9.17, 15) is 4.79 Å². The first-order valence-corrected chi connectivity index (χ1v) is 8.31. The average molecular weight is 338 g/mol. The van der Waals surface area contributed by atoms with Crippen molar-refractivity contribution >= 4 is 39.8 Å². The lowest BCUT2D eigenvalue weighted by molar-refractivity contribution is -0.115. The van der Waals surface area contributed by atoms with Crippen molar-refractivity contribution in [2.24, 2.45) is 0 Å². The number of ether oxygens (including phenoxy) is 2. The molecule has 3 N–H and O–H groups in total. The van der Waals surface area contributed by atoms with E-state index in [1.54, 1.807) is 18.2 Å². The highest BCUT2D eigenvalue weighted by molar-refractivity contribution is 8.02. The quantitative estimate of drug-likeness (QED) is 0.807. The summed E-state index contributed by atoms with van der Waals surface area (Å²) in [6.45, 7) is 2.15. The van der Waals surface area contributed by atoms with E-state index in [-0.39, 0.29) is 18.0 Å². The number of aromatic nitrogens is 2. The molecule has 116 valence electrons. The fraction of sp³-hybridized carbons (Fsp3) is 0.308. The van der Waals surface area contributed by atoms with Crippen molar-refractivity contribution in [1.29, 1.82) is 0 Å². The van der Waals surface area contributed by atoms with Gasteiger partial charge in [0.05, 0.1) is 5.25 Å². The number of thioether (sulfide) groups is 1. The van der Waals surface area contributed by atoms with Gasteiger partial charge in [0.2, 0.25) is 17.8 Å². The van der Waals surface area contributed by atoms with Crippen LogP contribution in [0.2, 0.25) is 0 Å². The molecule has 2 heterocycles. The van der Waals surface area contributed by atoms with Gasteiger partial charge < -0.3 is 20.5 Å². The number of benzene rings is 1. The molecule has 7 nitrogen and oxygen atoms in total. The molecule has 1 aromatic heterocycles. The Kier molecular flexibility index (Phi) is 4.34. The van der Waals surface area contributed by atoms with Crippen molar-refractivity contribution in [3.8, 4) is 11.5 Å². The molecule has 0 radical (unpaired) electrons. The smallest absolute Gasteiger partial charge is 0.237 e. The Hall–Kier alpha value is -2.00. The topological polar surface area (TPSA) is 99.4 Å². The molecule has 0 fully saturated rings. The van der Waals surface area contributed by atoms with Crippen LogP contribution in [0.1, 0.15) is 13.3 Å². The average Bonchev–Trinajstić information content (AvgIpc) is 3.12. The summed E-state index contributed by atoms with van der Waals surface area (Å²) in [4.78, 5) is 12.4. The van der Waals surface area contributed by atoms with Gasteiger partial charge in [0.15, 0.2) is 15.8 Å². The van der Waals surface area contributed by atoms with Crippen LogP contribution in [0.15, 0.2) is 22.5 Å². The number of nitrogens with one attached hydrogen (secondary N) is 1. The first-order valence-electron chi connectivity index (χ1n) is 6.62. The number of nitrogens with two attached hydrogens (primary N) is 1. The number of nitrogens with zero attached hydrogens (tertiary/aromatic N) is 2. The first-order chi connectivity index (χ1) is 10.7. The van der Waals surface area contributed by atoms with E-state index in [0.717, 1.165) is 0 Å². The van der Waals surface area contributed by atoms with Crippen LogP contribution in [-0.4, -0.2) is 28.1 Å². The number of rotatable bonds is 5. The van der Waals surface area contributed by atoms with Crippen molar-refractivity contribution in [1.82, 2.24) is 10.2 Å². The van der Waals surface area contributed by atoms with Crippen LogP contribution in [0.25, 0.3) is 0 Å². The third-order valence-electron chi connectivity index (χ3n) is 2.97. The second-order valence-corrected chi connectivity index (χ2v) is 6.94. The Balaban J connectivity index is 1.66. The number of carbonyl (C=O) groups is 1. The number of fused-ring (bicyclic) bond motifs is 1. The van der Waals surface area contributed by atoms with Gasteiger partial charge >= 0.3 is 0 Å². The number of anilines is 2. The Morgan fingerprint density at radius 1 is 1.45 bits per heavy atom. The molecule has 1 atom stereocenters. The van der Waals surface area contributed by atoms with E-state index in [2.05, 4.69) is 15.5 Å². The van der Waals surface area contributed by atoms with Crippen LogP contribution in [0.3, 0.4) is 0 Å². The monoisotopic (exact) mass is 338 g/mol. The fourth-order valence-electron chi connectivity index (χ4n) is 1.91. The number of nitrogen functional groups attached to an aromatic ring is 1. The maximum atomic E-state index is 12.4. The maximum absolute atomic E-state index is 12.4. The minimum atomic E-state index is -0.266. The van der Waals surface area contributed by atoms with Gasteiger partial charge in [-0.25, -0.2) is 0 Å². The molecule has 0 bridgehead atoms. The lowest BCUT2D eigenvalue weighted by Gasteiger charge is -2.13.